The molecule has 5 rings (SSSR count). The van der Waals surface area contributed by atoms with Gasteiger partial charge in [-0.15, -0.1) is 0 Å². The van der Waals surface area contributed by atoms with Crippen molar-refractivity contribution in [2.45, 2.75) is 13.0 Å². The predicted molar refractivity (Wildman–Crippen MR) is 118 cm³/mol. The van der Waals surface area contributed by atoms with Crippen molar-refractivity contribution in [3.8, 4) is 17.2 Å². The van der Waals surface area contributed by atoms with Gasteiger partial charge in [-0.2, -0.15) is 0 Å². The third kappa shape index (κ3) is 3.97. The Morgan fingerprint density at radius 3 is 2.59 bits per heavy atom. The van der Waals surface area contributed by atoms with Crippen LogP contribution in [0.1, 0.15) is 27.0 Å². The lowest BCUT2D eigenvalue weighted by Crippen LogP contribution is -2.33. The van der Waals surface area contributed by atoms with Crippen LogP contribution in [0.5, 0.6) is 17.2 Å². The van der Waals surface area contributed by atoms with E-state index in [-0.39, 0.29) is 11.6 Å². The minimum atomic E-state index is -0.236. The number of nitrogens with zero attached hydrogens (tertiary/aromatic N) is 1. The molecule has 2 aliphatic heterocycles. The largest absolute Gasteiger partial charge is 0.497 e. The van der Waals surface area contributed by atoms with Crippen molar-refractivity contribution < 1.29 is 23.4 Å². The normalized spacial score (nSPS) is 16.3. The highest BCUT2D eigenvalue weighted by atomic mass is 19.1. The predicted octanol–water partition coefficient (Wildman–Crippen LogP) is 4.85. The van der Waals surface area contributed by atoms with E-state index in [0.29, 0.717) is 30.3 Å². The summed E-state index contributed by atoms with van der Waals surface area (Å²) in [5.74, 6) is 1.98. The summed E-state index contributed by atoms with van der Waals surface area (Å²) in [5, 5.41) is 0. The van der Waals surface area contributed by atoms with E-state index in [1.165, 1.54) is 12.1 Å². The molecule has 2 aliphatic rings. The zero-order chi connectivity index (χ0) is 22.1. The van der Waals surface area contributed by atoms with Crippen molar-refractivity contribution >= 4 is 11.9 Å². The lowest BCUT2D eigenvalue weighted by molar-refractivity contribution is 0.0949. The number of ether oxygens (including phenoxy) is 3. The summed E-state index contributed by atoms with van der Waals surface area (Å²) in [6, 6.07) is 17.6. The molecule has 3 aromatic rings. The average molecular weight is 431 g/mol. The van der Waals surface area contributed by atoms with E-state index in [2.05, 4.69) is 4.90 Å². The van der Waals surface area contributed by atoms with Crippen LogP contribution >= 0.6 is 0 Å². The fraction of sp³-hybridized carbons (Fsp3) is 0.192. The van der Waals surface area contributed by atoms with Crippen LogP contribution in [0.2, 0.25) is 0 Å². The van der Waals surface area contributed by atoms with Gasteiger partial charge < -0.3 is 14.2 Å². The number of benzene rings is 3. The number of Topliss-reactive ketones (excluding diaryl/α,β-unsaturated/α-hetero) is 1. The molecule has 2 heterocycles. The van der Waals surface area contributed by atoms with Gasteiger partial charge in [-0.25, -0.2) is 4.39 Å². The quantitative estimate of drug-likeness (QED) is 0.541. The summed E-state index contributed by atoms with van der Waals surface area (Å²) in [7, 11) is 1.61. The lowest BCUT2D eigenvalue weighted by Gasteiger charge is -2.29. The Morgan fingerprint density at radius 1 is 1.06 bits per heavy atom. The van der Waals surface area contributed by atoms with Crippen molar-refractivity contribution in [1.29, 1.82) is 0 Å². The van der Waals surface area contributed by atoms with Crippen LogP contribution in [-0.2, 0) is 13.0 Å². The van der Waals surface area contributed by atoms with Gasteiger partial charge in [-0.1, -0.05) is 24.3 Å². The number of carbonyl (C=O) groups is 1. The molecule has 0 radical (unpaired) electrons. The molecule has 0 fully saturated rings. The van der Waals surface area contributed by atoms with Gasteiger partial charge in [0.2, 0.25) is 5.78 Å². The van der Waals surface area contributed by atoms with Crippen molar-refractivity contribution in [1.82, 2.24) is 4.90 Å². The van der Waals surface area contributed by atoms with Gasteiger partial charge in [0.25, 0.3) is 0 Å². The highest BCUT2D eigenvalue weighted by Gasteiger charge is 2.33. The molecule has 0 spiro atoms. The van der Waals surface area contributed by atoms with E-state index in [1.54, 1.807) is 31.4 Å². The van der Waals surface area contributed by atoms with Gasteiger partial charge in [0.15, 0.2) is 5.76 Å². The third-order valence-electron chi connectivity index (χ3n) is 5.73. The Kier molecular flexibility index (Phi) is 5.37. The first-order valence-electron chi connectivity index (χ1n) is 10.4. The minimum Gasteiger partial charge on any atom is -0.497 e. The molecule has 3 aromatic carbocycles. The smallest absolute Gasteiger partial charge is 0.231 e. The SMILES string of the molecule is COc1ccc(/C=C2\Oc3c(ccc4c3CN(CCc3ccc(F)cc3)CO4)C2=O)cc1. The Balaban J connectivity index is 1.34. The Morgan fingerprint density at radius 2 is 1.84 bits per heavy atom. The summed E-state index contributed by atoms with van der Waals surface area (Å²) >= 11 is 0. The number of hydrogen-bond donors (Lipinski definition) is 0. The molecule has 6 heteroatoms. The molecule has 0 N–H and O–H groups in total. The molecule has 0 bridgehead atoms. The van der Waals surface area contributed by atoms with Crippen molar-refractivity contribution in [3.05, 3.63) is 94.5 Å². The van der Waals surface area contributed by atoms with Crippen LogP contribution in [0, 0.1) is 5.82 Å². The molecule has 0 atom stereocenters. The summed E-state index contributed by atoms with van der Waals surface area (Å²) < 4.78 is 30.3. The van der Waals surface area contributed by atoms with Crippen LogP contribution in [0.4, 0.5) is 4.39 Å². The highest BCUT2D eigenvalue weighted by molar-refractivity contribution is 6.15. The van der Waals surface area contributed by atoms with Gasteiger partial charge in [-0.3, -0.25) is 9.69 Å². The Hall–Kier alpha value is -3.64. The Bertz CT molecular complexity index is 1190. The maximum Gasteiger partial charge on any atom is 0.231 e. The van der Waals surface area contributed by atoms with E-state index >= 15 is 0 Å². The summed E-state index contributed by atoms with van der Waals surface area (Å²) in [4.78, 5) is 15.1. The van der Waals surface area contributed by atoms with Crippen molar-refractivity contribution in [2.24, 2.45) is 0 Å². The standard InChI is InChI=1S/C26H22FNO4/c1-30-20-8-4-18(5-9-20)14-24-25(29)21-10-11-23-22(26(21)32-24)15-28(16-31-23)13-12-17-2-6-19(27)7-3-17/h2-11,14H,12-13,15-16H2,1H3/b24-14-. The van der Waals surface area contributed by atoms with Gasteiger partial charge >= 0.3 is 0 Å². The van der Waals surface area contributed by atoms with Gasteiger partial charge in [0.05, 0.1) is 18.2 Å². The molecule has 0 saturated heterocycles. The number of fused-ring (bicyclic) bond motifs is 3. The van der Waals surface area contributed by atoms with Crippen LogP contribution < -0.4 is 14.2 Å². The van der Waals surface area contributed by atoms with Gasteiger partial charge in [0.1, 0.15) is 29.8 Å². The zero-order valence-electron chi connectivity index (χ0n) is 17.6. The molecule has 0 amide bonds. The second-order valence-corrected chi connectivity index (χ2v) is 7.83. The topological polar surface area (TPSA) is 48.0 Å². The Labute approximate surface area is 185 Å². The number of allylic oxidation sites excluding steroid dienone is 1. The molecular weight excluding hydrogens is 409 g/mol. The van der Waals surface area contributed by atoms with Crippen LogP contribution in [0.15, 0.2) is 66.4 Å². The molecule has 0 saturated carbocycles. The number of halogens is 1. The minimum absolute atomic E-state index is 0.137. The number of ketones is 1. The van der Waals surface area contributed by atoms with E-state index in [1.807, 2.05) is 30.3 Å². The molecule has 0 unspecified atom stereocenters. The molecule has 0 aromatic heterocycles. The van der Waals surface area contributed by atoms with Crippen molar-refractivity contribution in [2.75, 3.05) is 20.4 Å². The van der Waals surface area contributed by atoms with E-state index in [0.717, 1.165) is 41.2 Å². The summed E-state index contributed by atoms with van der Waals surface area (Å²) in [6.45, 7) is 1.81. The fourth-order valence-electron chi connectivity index (χ4n) is 3.94. The molecule has 162 valence electrons. The zero-order valence-corrected chi connectivity index (χ0v) is 17.6. The third-order valence-corrected chi connectivity index (χ3v) is 5.73. The first-order chi connectivity index (χ1) is 15.6. The summed E-state index contributed by atoms with van der Waals surface area (Å²) in [5.41, 5.74) is 3.34. The maximum absolute atomic E-state index is 13.1. The van der Waals surface area contributed by atoms with E-state index < -0.39 is 0 Å². The highest BCUT2D eigenvalue weighted by Crippen LogP contribution is 2.42. The van der Waals surface area contributed by atoms with Crippen molar-refractivity contribution in [3.63, 3.8) is 0 Å². The maximum atomic E-state index is 13.1. The monoisotopic (exact) mass is 431 g/mol. The first kappa shape index (κ1) is 20.3. The fourth-order valence-corrected chi connectivity index (χ4v) is 3.94. The lowest BCUT2D eigenvalue weighted by atomic mass is 10.0. The van der Waals surface area contributed by atoms with Gasteiger partial charge in [-0.05, 0) is 60.0 Å². The summed E-state index contributed by atoms with van der Waals surface area (Å²) in [6.07, 6.45) is 2.51. The second kappa shape index (κ2) is 8.48. The number of carbonyl (C=O) groups excluding carboxylic acids is 1. The number of methoxy groups -OCH3 is 1. The van der Waals surface area contributed by atoms with E-state index in [9.17, 15) is 9.18 Å². The molecule has 32 heavy (non-hydrogen) atoms. The molecule has 5 nitrogen and oxygen atoms in total. The second-order valence-electron chi connectivity index (χ2n) is 7.83. The number of rotatable bonds is 5. The molecule has 0 aliphatic carbocycles. The van der Waals surface area contributed by atoms with E-state index in [4.69, 9.17) is 14.2 Å². The van der Waals surface area contributed by atoms with Crippen LogP contribution in [0.3, 0.4) is 0 Å². The number of hydrogen-bond acceptors (Lipinski definition) is 5. The average Bonchev–Trinajstić information content (AvgIpc) is 3.14. The van der Waals surface area contributed by atoms with Gasteiger partial charge in [0, 0.05) is 13.1 Å². The first-order valence-corrected chi connectivity index (χ1v) is 10.4. The van der Waals surface area contributed by atoms with Crippen LogP contribution in [0.25, 0.3) is 6.08 Å². The molecular formula is C26H22FNO4. The van der Waals surface area contributed by atoms with Crippen LogP contribution in [-0.4, -0.2) is 31.1 Å².